The molecule has 1 aliphatic rings. The zero-order chi connectivity index (χ0) is 19.5. The van der Waals surface area contributed by atoms with Crippen LogP contribution in [-0.4, -0.2) is 37.7 Å². The summed E-state index contributed by atoms with van der Waals surface area (Å²) >= 11 is 0. The topological polar surface area (TPSA) is 58.9 Å². The van der Waals surface area contributed by atoms with E-state index >= 15 is 0 Å². The molecule has 28 heavy (non-hydrogen) atoms. The summed E-state index contributed by atoms with van der Waals surface area (Å²) in [5, 5.41) is 7.69. The van der Waals surface area contributed by atoms with Crippen molar-refractivity contribution in [2.75, 3.05) is 18.4 Å². The Labute approximate surface area is 166 Å². The number of rotatable bonds is 5. The molecule has 1 saturated heterocycles. The van der Waals surface area contributed by atoms with Crippen molar-refractivity contribution in [1.29, 1.82) is 0 Å². The molecule has 0 aromatic carbocycles. The minimum atomic E-state index is 0.512. The van der Waals surface area contributed by atoms with E-state index in [1.54, 1.807) is 0 Å². The largest absolute Gasteiger partial charge is 0.325 e. The molecule has 4 heterocycles. The molecule has 3 aromatic rings. The molecule has 1 fully saturated rings. The Hall–Kier alpha value is -2.73. The molecular formula is C22H28N6. The van der Waals surface area contributed by atoms with E-state index in [0.29, 0.717) is 5.92 Å². The van der Waals surface area contributed by atoms with E-state index in [0.717, 1.165) is 49.8 Å². The van der Waals surface area contributed by atoms with Crippen LogP contribution in [-0.2, 0) is 13.6 Å². The van der Waals surface area contributed by atoms with E-state index in [9.17, 15) is 0 Å². The van der Waals surface area contributed by atoms with Gasteiger partial charge in [-0.1, -0.05) is 12.1 Å². The van der Waals surface area contributed by atoms with Crippen molar-refractivity contribution >= 4 is 11.6 Å². The first-order valence-electron chi connectivity index (χ1n) is 9.96. The summed E-state index contributed by atoms with van der Waals surface area (Å²) in [6.07, 6.45) is 4.27. The highest BCUT2D eigenvalue weighted by atomic mass is 15.3. The third-order valence-electron chi connectivity index (χ3n) is 5.65. The zero-order valence-corrected chi connectivity index (χ0v) is 16.9. The van der Waals surface area contributed by atoms with Crippen LogP contribution in [0.1, 0.15) is 41.4 Å². The van der Waals surface area contributed by atoms with E-state index in [1.807, 2.05) is 49.1 Å². The third-order valence-corrected chi connectivity index (χ3v) is 5.65. The van der Waals surface area contributed by atoms with Crippen molar-refractivity contribution < 1.29 is 0 Å². The van der Waals surface area contributed by atoms with Crippen LogP contribution in [0.3, 0.4) is 0 Å². The summed E-state index contributed by atoms with van der Waals surface area (Å²) in [4.78, 5) is 11.9. The second kappa shape index (κ2) is 8.10. The van der Waals surface area contributed by atoms with Crippen LogP contribution in [0.2, 0.25) is 0 Å². The van der Waals surface area contributed by atoms with Gasteiger partial charge in [0.15, 0.2) is 0 Å². The summed E-state index contributed by atoms with van der Waals surface area (Å²) in [6, 6.07) is 12.2. The van der Waals surface area contributed by atoms with Crippen LogP contribution in [0.25, 0.3) is 0 Å². The smallest absolute Gasteiger partial charge is 0.131 e. The molecule has 0 unspecified atom stereocenters. The summed E-state index contributed by atoms with van der Waals surface area (Å²) < 4.78 is 1.95. The predicted octanol–water partition coefficient (Wildman–Crippen LogP) is 3.95. The second-order valence-corrected chi connectivity index (χ2v) is 7.67. The standard InChI is InChI=1S/C22H28N6/c1-16-6-4-8-21(24-16)26-22-9-5-7-20(25-22)18-10-12-28(13-11-18)15-19-14-23-27(3)17(19)2/h4-9,14,18H,10-13,15H2,1-3H3,(H,24,25,26). The van der Waals surface area contributed by atoms with Gasteiger partial charge in [0.05, 0.1) is 6.20 Å². The Morgan fingerprint density at radius 2 is 1.71 bits per heavy atom. The summed E-state index contributed by atoms with van der Waals surface area (Å²) in [5.74, 6) is 2.22. The number of aromatic nitrogens is 4. The number of nitrogens with zero attached hydrogens (tertiary/aromatic N) is 5. The van der Waals surface area contributed by atoms with Gasteiger partial charge in [0.25, 0.3) is 0 Å². The van der Waals surface area contributed by atoms with Gasteiger partial charge in [-0.25, -0.2) is 9.97 Å². The van der Waals surface area contributed by atoms with E-state index in [2.05, 4.69) is 39.4 Å². The lowest BCUT2D eigenvalue weighted by molar-refractivity contribution is 0.203. The molecule has 0 spiro atoms. The Bertz CT molecular complexity index is 940. The van der Waals surface area contributed by atoms with Crippen molar-refractivity contribution in [3.05, 3.63) is 65.2 Å². The zero-order valence-electron chi connectivity index (χ0n) is 16.9. The van der Waals surface area contributed by atoms with Crippen LogP contribution >= 0.6 is 0 Å². The highest BCUT2D eigenvalue weighted by Crippen LogP contribution is 2.28. The maximum atomic E-state index is 4.86. The number of hydrogen-bond acceptors (Lipinski definition) is 5. The fraction of sp³-hybridized carbons (Fsp3) is 0.409. The first-order chi connectivity index (χ1) is 13.6. The highest BCUT2D eigenvalue weighted by molar-refractivity contribution is 5.51. The first kappa shape index (κ1) is 18.6. The minimum Gasteiger partial charge on any atom is -0.325 e. The van der Waals surface area contributed by atoms with Gasteiger partial charge < -0.3 is 5.32 Å². The molecule has 0 aliphatic carbocycles. The average Bonchev–Trinajstić information content (AvgIpc) is 3.01. The Kier molecular flexibility index (Phi) is 5.39. The lowest BCUT2D eigenvalue weighted by atomic mass is 9.93. The fourth-order valence-corrected chi connectivity index (χ4v) is 3.82. The van der Waals surface area contributed by atoms with Crippen LogP contribution < -0.4 is 5.32 Å². The van der Waals surface area contributed by atoms with E-state index < -0.39 is 0 Å². The van der Waals surface area contributed by atoms with E-state index in [4.69, 9.17) is 4.98 Å². The van der Waals surface area contributed by atoms with Gasteiger partial charge in [0.2, 0.25) is 0 Å². The predicted molar refractivity (Wildman–Crippen MR) is 112 cm³/mol. The molecular weight excluding hydrogens is 348 g/mol. The minimum absolute atomic E-state index is 0.512. The van der Waals surface area contributed by atoms with Crippen molar-refractivity contribution in [2.45, 2.75) is 39.2 Å². The summed E-state index contributed by atoms with van der Waals surface area (Å²) in [7, 11) is 2.00. The van der Waals surface area contributed by atoms with Gasteiger partial charge in [0, 0.05) is 42.2 Å². The van der Waals surface area contributed by atoms with Gasteiger partial charge in [-0.05, 0) is 64.0 Å². The fourth-order valence-electron chi connectivity index (χ4n) is 3.82. The Balaban J connectivity index is 1.37. The molecule has 3 aromatic heterocycles. The molecule has 4 rings (SSSR count). The summed E-state index contributed by atoms with van der Waals surface area (Å²) in [6.45, 7) is 7.31. The maximum absolute atomic E-state index is 4.86. The van der Waals surface area contributed by atoms with Crippen LogP contribution in [0.5, 0.6) is 0 Å². The maximum Gasteiger partial charge on any atom is 0.131 e. The molecule has 0 saturated carbocycles. The Morgan fingerprint density at radius 3 is 2.39 bits per heavy atom. The van der Waals surface area contributed by atoms with Crippen molar-refractivity contribution in [2.24, 2.45) is 7.05 Å². The van der Waals surface area contributed by atoms with E-state index in [1.165, 1.54) is 17.0 Å². The Morgan fingerprint density at radius 1 is 1.00 bits per heavy atom. The molecule has 146 valence electrons. The average molecular weight is 377 g/mol. The molecule has 1 aliphatic heterocycles. The monoisotopic (exact) mass is 376 g/mol. The van der Waals surface area contributed by atoms with Gasteiger partial charge in [-0.15, -0.1) is 0 Å². The molecule has 0 atom stereocenters. The van der Waals surface area contributed by atoms with Gasteiger partial charge in [0.1, 0.15) is 11.6 Å². The van der Waals surface area contributed by atoms with Crippen molar-refractivity contribution in [3.63, 3.8) is 0 Å². The van der Waals surface area contributed by atoms with Gasteiger partial charge in [-0.2, -0.15) is 5.10 Å². The lowest BCUT2D eigenvalue weighted by Crippen LogP contribution is -2.32. The van der Waals surface area contributed by atoms with Crippen molar-refractivity contribution in [3.8, 4) is 0 Å². The number of aryl methyl sites for hydroxylation is 2. The van der Waals surface area contributed by atoms with Gasteiger partial charge >= 0.3 is 0 Å². The molecule has 0 amide bonds. The molecule has 6 nitrogen and oxygen atoms in total. The van der Waals surface area contributed by atoms with Crippen LogP contribution in [0.15, 0.2) is 42.6 Å². The van der Waals surface area contributed by atoms with Crippen LogP contribution in [0, 0.1) is 13.8 Å². The third kappa shape index (κ3) is 4.22. The second-order valence-electron chi connectivity index (χ2n) is 7.67. The molecule has 6 heteroatoms. The number of pyridine rings is 2. The summed E-state index contributed by atoms with van der Waals surface area (Å²) in [5.41, 5.74) is 4.76. The SMILES string of the molecule is Cc1cccc(Nc2cccc(C3CCN(Cc4cnn(C)c4C)CC3)n2)n1. The highest BCUT2D eigenvalue weighted by Gasteiger charge is 2.22. The molecule has 1 N–H and O–H groups in total. The lowest BCUT2D eigenvalue weighted by Gasteiger charge is -2.31. The number of piperidine rings is 1. The quantitative estimate of drug-likeness (QED) is 0.731. The van der Waals surface area contributed by atoms with Crippen molar-refractivity contribution in [1.82, 2.24) is 24.6 Å². The van der Waals surface area contributed by atoms with E-state index in [-0.39, 0.29) is 0 Å². The first-order valence-corrected chi connectivity index (χ1v) is 9.96. The number of anilines is 2. The number of hydrogen-bond donors (Lipinski definition) is 1. The number of likely N-dealkylation sites (tertiary alicyclic amines) is 1. The van der Waals surface area contributed by atoms with Crippen LogP contribution in [0.4, 0.5) is 11.6 Å². The number of nitrogens with one attached hydrogen (secondary N) is 1. The normalized spacial score (nSPS) is 15.7. The molecule has 0 radical (unpaired) electrons. The molecule has 0 bridgehead atoms. The van der Waals surface area contributed by atoms with Gasteiger partial charge in [-0.3, -0.25) is 9.58 Å².